The summed E-state index contributed by atoms with van der Waals surface area (Å²) >= 11 is 0. The van der Waals surface area contributed by atoms with Crippen molar-refractivity contribution in [3.05, 3.63) is 0 Å². The van der Waals surface area contributed by atoms with Crippen LogP contribution >= 0.6 is 0 Å². The normalized spacial score (nSPS) is 61.8. The summed E-state index contributed by atoms with van der Waals surface area (Å²) < 4.78 is 12.1. The lowest BCUT2D eigenvalue weighted by Gasteiger charge is -2.59. The van der Waals surface area contributed by atoms with Crippen molar-refractivity contribution in [2.75, 3.05) is 6.61 Å². The van der Waals surface area contributed by atoms with Crippen molar-refractivity contribution in [3.63, 3.8) is 0 Å². The maximum Gasteiger partial charge on any atom is 0.201 e. The van der Waals surface area contributed by atoms with Gasteiger partial charge >= 0.3 is 0 Å². The topological polar surface area (TPSA) is 57.2 Å². The molecular weight excluding hydrogens is 260 g/mol. The summed E-state index contributed by atoms with van der Waals surface area (Å²) in [5, 5.41) is 10.4. The Morgan fingerprint density at radius 1 is 1.15 bits per heavy atom. The molecule has 0 amide bonds. The first-order valence-corrected chi connectivity index (χ1v) is 7.80. The van der Waals surface area contributed by atoms with Crippen LogP contribution in [-0.4, -0.2) is 35.5 Å². The van der Waals surface area contributed by atoms with E-state index in [0.717, 1.165) is 19.3 Å². The van der Waals surface area contributed by atoms with Crippen LogP contribution in [0, 0.1) is 23.7 Å². The second-order valence-corrected chi connectivity index (χ2v) is 7.33. The van der Waals surface area contributed by atoms with Gasteiger partial charge in [0, 0.05) is 18.3 Å². The number of aliphatic hydroxyl groups excluding tert-OH is 1. The van der Waals surface area contributed by atoms with E-state index in [9.17, 15) is 5.11 Å². The molecule has 2 bridgehead atoms. The number of ether oxygens (including phenoxy) is 2. The first kappa shape index (κ1) is 13.5. The highest BCUT2D eigenvalue weighted by atomic mass is 17.3. The van der Waals surface area contributed by atoms with Crippen LogP contribution in [0.3, 0.4) is 0 Å². The third kappa shape index (κ3) is 1.56. The van der Waals surface area contributed by atoms with Crippen molar-refractivity contribution in [2.45, 2.75) is 63.8 Å². The van der Waals surface area contributed by atoms with Gasteiger partial charge in [0.1, 0.15) is 0 Å². The average molecular weight is 284 g/mol. The predicted octanol–water partition coefficient (Wildman–Crippen LogP) is 1.84. The quantitative estimate of drug-likeness (QED) is 0.688. The largest absolute Gasteiger partial charge is 0.393 e. The van der Waals surface area contributed by atoms with Gasteiger partial charge in [0.05, 0.1) is 12.7 Å². The van der Waals surface area contributed by atoms with Gasteiger partial charge in [-0.3, -0.25) is 0 Å². The fourth-order valence-electron chi connectivity index (χ4n) is 4.83. The number of rotatable bonds is 0. The summed E-state index contributed by atoms with van der Waals surface area (Å²) in [5.41, 5.74) is -0.549. The molecule has 1 aliphatic carbocycles. The second-order valence-electron chi connectivity index (χ2n) is 7.33. The molecular formula is C15H24O5. The van der Waals surface area contributed by atoms with Gasteiger partial charge in [0.25, 0.3) is 0 Å². The van der Waals surface area contributed by atoms with Crippen molar-refractivity contribution in [2.24, 2.45) is 23.7 Å². The molecule has 5 rings (SSSR count). The first-order chi connectivity index (χ1) is 9.46. The van der Waals surface area contributed by atoms with Crippen LogP contribution in [-0.2, 0) is 19.2 Å². The summed E-state index contributed by atoms with van der Waals surface area (Å²) in [6.45, 7) is 6.84. The minimum atomic E-state index is -0.719. The van der Waals surface area contributed by atoms with E-state index in [0.29, 0.717) is 12.5 Å². The van der Waals surface area contributed by atoms with E-state index in [-0.39, 0.29) is 30.1 Å². The molecule has 0 unspecified atom stereocenters. The summed E-state index contributed by atoms with van der Waals surface area (Å²) in [5.74, 6) is 0.234. The third-order valence-electron chi connectivity index (χ3n) is 6.09. The molecule has 1 spiro atoms. The van der Waals surface area contributed by atoms with Crippen LogP contribution in [0.25, 0.3) is 0 Å². The van der Waals surface area contributed by atoms with Crippen LogP contribution in [0.5, 0.6) is 0 Å². The molecule has 4 heterocycles. The predicted molar refractivity (Wildman–Crippen MR) is 69.3 cm³/mol. The Kier molecular flexibility index (Phi) is 2.81. The highest BCUT2D eigenvalue weighted by molar-refractivity contribution is 5.10. The number of aliphatic hydroxyl groups is 1. The average Bonchev–Trinajstić information content (AvgIpc) is 2.64. The number of hydrogen-bond donors (Lipinski definition) is 1. The number of hydrogen-bond acceptors (Lipinski definition) is 5. The molecule has 5 aliphatic rings. The lowest BCUT2D eigenvalue weighted by atomic mass is 9.57. The molecule has 0 aromatic rings. The second kappa shape index (κ2) is 4.17. The fraction of sp³-hybridized carbons (Fsp3) is 1.00. The van der Waals surface area contributed by atoms with Gasteiger partial charge in [-0.15, -0.1) is 0 Å². The standard InChI is InChI=1S/C15H24O5/c1-8-7-17-13-15-10(9(2)12(16)6-11(8)15)4-5-14(3,18-13)19-20-15/h8-13,16H,4-7H2,1-3H3/t8-,9-,10-,11-,12-,13+,14-,15+/m0/s1. The monoisotopic (exact) mass is 284 g/mol. The van der Waals surface area contributed by atoms with Crippen molar-refractivity contribution in [3.8, 4) is 0 Å². The molecule has 4 aliphatic heterocycles. The Balaban J connectivity index is 1.82. The molecule has 0 radical (unpaired) electrons. The minimum Gasteiger partial charge on any atom is -0.393 e. The third-order valence-corrected chi connectivity index (χ3v) is 6.09. The lowest BCUT2D eigenvalue weighted by molar-refractivity contribution is -0.568. The van der Waals surface area contributed by atoms with Crippen LogP contribution in [0.1, 0.15) is 40.0 Å². The van der Waals surface area contributed by atoms with E-state index in [1.54, 1.807) is 0 Å². The van der Waals surface area contributed by atoms with Gasteiger partial charge in [-0.05, 0) is 31.6 Å². The maximum atomic E-state index is 10.4. The minimum absolute atomic E-state index is 0.176. The van der Waals surface area contributed by atoms with E-state index < -0.39 is 11.4 Å². The van der Waals surface area contributed by atoms with Crippen molar-refractivity contribution >= 4 is 0 Å². The van der Waals surface area contributed by atoms with Crippen molar-refractivity contribution in [1.29, 1.82) is 0 Å². The van der Waals surface area contributed by atoms with Gasteiger partial charge in [-0.2, -0.15) is 0 Å². The van der Waals surface area contributed by atoms with E-state index in [4.69, 9.17) is 19.2 Å². The van der Waals surface area contributed by atoms with E-state index in [2.05, 4.69) is 13.8 Å². The molecule has 5 nitrogen and oxygen atoms in total. The fourth-order valence-corrected chi connectivity index (χ4v) is 4.83. The molecule has 5 heteroatoms. The summed E-state index contributed by atoms with van der Waals surface area (Å²) in [4.78, 5) is 11.6. The summed E-state index contributed by atoms with van der Waals surface area (Å²) in [6, 6.07) is 0. The van der Waals surface area contributed by atoms with Crippen LogP contribution < -0.4 is 0 Å². The van der Waals surface area contributed by atoms with Gasteiger partial charge in [0.15, 0.2) is 11.9 Å². The molecule has 20 heavy (non-hydrogen) atoms. The van der Waals surface area contributed by atoms with Crippen molar-refractivity contribution < 1.29 is 24.4 Å². The van der Waals surface area contributed by atoms with E-state index in [1.165, 1.54) is 0 Å². The van der Waals surface area contributed by atoms with Gasteiger partial charge in [-0.1, -0.05) is 13.8 Å². The van der Waals surface area contributed by atoms with Gasteiger partial charge < -0.3 is 14.6 Å². The zero-order valence-corrected chi connectivity index (χ0v) is 12.4. The van der Waals surface area contributed by atoms with Crippen LogP contribution in [0.4, 0.5) is 0 Å². The zero-order chi connectivity index (χ0) is 14.1. The lowest BCUT2D eigenvalue weighted by Crippen LogP contribution is -2.70. The Morgan fingerprint density at radius 3 is 2.75 bits per heavy atom. The molecule has 1 saturated carbocycles. The van der Waals surface area contributed by atoms with Crippen LogP contribution in [0.15, 0.2) is 0 Å². The molecule has 8 atom stereocenters. The van der Waals surface area contributed by atoms with Gasteiger partial charge in [-0.25, -0.2) is 9.78 Å². The Bertz CT molecular complexity index is 411. The Hall–Kier alpha value is -0.200. The van der Waals surface area contributed by atoms with E-state index >= 15 is 0 Å². The van der Waals surface area contributed by atoms with E-state index in [1.807, 2.05) is 6.92 Å². The summed E-state index contributed by atoms with van der Waals surface area (Å²) in [7, 11) is 0. The highest BCUT2D eigenvalue weighted by Gasteiger charge is 2.69. The molecule has 114 valence electrons. The molecule has 5 fully saturated rings. The smallest absolute Gasteiger partial charge is 0.201 e. The Morgan fingerprint density at radius 2 is 1.95 bits per heavy atom. The van der Waals surface area contributed by atoms with Crippen molar-refractivity contribution in [1.82, 2.24) is 0 Å². The van der Waals surface area contributed by atoms with Gasteiger partial charge in [0.2, 0.25) is 5.79 Å². The number of fused-ring (bicyclic) bond motifs is 2. The molecule has 4 saturated heterocycles. The SMILES string of the molecule is C[C@@H]1[C@@H](O)C[C@H]2[C@@H](C)CO[C@@H]3O[C@]4(C)CC[C@@H]1[C@]32OO4. The van der Waals surface area contributed by atoms with Crippen LogP contribution in [0.2, 0.25) is 0 Å². The molecule has 1 N–H and O–H groups in total. The Labute approximate surface area is 119 Å². The summed E-state index contributed by atoms with van der Waals surface area (Å²) in [6.07, 6.45) is 1.81. The first-order valence-electron chi connectivity index (χ1n) is 7.80. The highest BCUT2D eigenvalue weighted by Crippen LogP contribution is 2.59. The maximum absolute atomic E-state index is 10.4. The zero-order valence-electron chi connectivity index (χ0n) is 12.4. The molecule has 0 aromatic heterocycles. The molecule has 0 aromatic carbocycles.